The molecular weight excluding hydrogens is 360 g/mol. The first-order valence-electron chi connectivity index (χ1n) is 9.30. The van der Waals surface area contributed by atoms with Crippen LogP contribution in [0.3, 0.4) is 0 Å². The van der Waals surface area contributed by atoms with Crippen LogP contribution in [0.15, 0.2) is 47.4 Å². The molecule has 0 aromatic heterocycles. The normalized spacial score (nSPS) is 11.6. The zero-order valence-electron chi connectivity index (χ0n) is 16.4. The molecule has 0 aliphatic heterocycles. The summed E-state index contributed by atoms with van der Waals surface area (Å²) in [6.07, 6.45) is 1.61. The molecule has 2 rings (SSSR count). The molecule has 6 heteroatoms. The van der Waals surface area contributed by atoms with Gasteiger partial charge in [0, 0.05) is 17.8 Å². The van der Waals surface area contributed by atoms with E-state index < -0.39 is 10.0 Å². The lowest BCUT2D eigenvalue weighted by molar-refractivity contribution is 0.102. The van der Waals surface area contributed by atoms with Gasteiger partial charge in [0.1, 0.15) is 0 Å². The molecule has 0 aliphatic carbocycles. The molecule has 2 aromatic carbocycles. The molecule has 146 valence electrons. The lowest BCUT2D eigenvalue weighted by Gasteiger charge is -2.15. The van der Waals surface area contributed by atoms with Crippen molar-refractivity contribution in [2.24, 2.45) is 5.92 Å². The fourth-order valence-corrected chi connectivity index (χ4v) is 4.01. The van der Waals surface area contributed by atoms with E-state index >= 15 is 0 Å². The van der Waals surface area contributed by atoms with Crippen LogP contribution in [0.2, 0.25) is 0 Å². The molecule has 0 spiro atoms. The lowest BCUT2D eigenvalue weighted by Crippen LogP contribution is -2.27. The third-order valence-corrected chi connectivity index (χ3v) is 5.75. The van der Waals surface area contributed by atoms with Gasteiger partial charge in [-0.05, 0) is 48.1 Å². The Labute approximate surface area is 162 Å². The van der Waals surface area contributed by atoms with Crippen molar-refractivity contribution in [1.29, 1.82) is 0 Å². The molecule has 2 N–H and O–H groups in total. The van der Waals surface area contributed by atoms with Crippen molar-refractivity contribution in [2.75, 3.05) is 11.9 Å². The predicted molar refractivity (Wildman–Crippen MR) is 110 cm³/mol. The summed E-state index contributed by atoms with van der Waals surface area (Å²) in [6, 6.07) is 12.1. The summed E-state index contributed by atoms with van der Waals surface area (Å²) in [5.74, 6) is -0.115. The van der Waals surface area contributed by atoms with Gasteiger partial charge in [-0.2, -0.15) is 0 Å². The van der Waals surface area contributed by atoms with Gasteiger partial charge in [0.15, 0.2) is 0 Å². The minimum absolute atomic E-state index is 0.0929. The van der Waals surface area contributed by atoms with E-state index in [0.29, 0.717) is 12.1 Å². The molecule has 0 heterocycles. The molecule has 1 amide bonds. The van der Waals surface area contributed by atoms with E-state index in [-0.39, 0.29) is 16.7 Å². The molecule has 0 saturated carbocycles. The molecule has 0 unspecified atom stereocenters. The second-order valence-electron chi connectivity index (χ2n) is 6.89. The number of carbonyl (C=O) groups is 1. The van der Waals surface area contributed by atoms with Gasteiger partial charge < -0.3 is 5.32 Å². The monoisotopic (exact) mass is 388 g/mol. The smallest absolute Gasteiger partial charge is 0.255 e. The number of nitrogens with one attached hydrogen (secondary N) is 2. The summed E-state index contributed by atoms with van der Waals surface area (Å²) in [6.45, 7) is 8.30. The van der Waals surface area contributed by atoms with Crippen molar-refractivity contribution in [3.63, 3.8) is 0 Å². The third kappa shape index (κ3) is 5.40. The SMILES string of the molecule is CCc1cccc(CC)c1NC(=O)c1cccc(S(=O)(=O)NCC(C)C)c1. The number of benzene rings is 2. The number of para-hydroxylation sites is 1. The largest absolute Gasteiger partial charge is 0.321 e. The molecule has 2 aromatic rings. The first-order chi connectivity index (χ1) is 12.8. The van der Waals surface area contributed by atoms with E-state index in [9.17, 15) is 13.2 Å². The van der Waals surface area contributed by atoms with Crippen LogP contribution in [0.4, 0.5) is 5.69 Å². The predicted octanol–water partition coefficient (Wildman–Crippen LogP) is 4.00. The van der Waals surface area contributed by atoms with Crippen molar-refractivity contribution in [3.8, 4) is 0 Å². The molecule has 0 atom stereocenters. The van der Waals surface area contributed by atoms with E-state index in [2.05, 4.69) is 10.0 Å². The number of amides is 1. The van der Waals surface area contributed by atoms with Crippen LogP contribution in [0.5, 0.6) is 0 Å². The molecule has 0 fully saturated rings. The number of hydrogen-bond donors (Lipinski definition) is 2. The van der Waals surface area contributed by atoms with Gasteiger partial charge in [0.2, 0.25) is 10.0 Å². The Bertz CT molecular complexity index is 883. The molecular formula is C21H28N2O3S. The minimum atomic E-state index is -3.64. The summed E-state index contributed by atoms with van der Waals surface area (Å²) in [5, 5.41) is 2.97. The molecule has 0 saturated heterocycles. The fraction of sp³-hybridized carbons (Fsp3) is 0.381. The maximum atomic E-state index is 12.8. The van der Waals surface area contributed by atoms with E-state index in [4.69, 9.17) is 0 Å². The van der Waals surface area contributed by atoms with Crippen LogP contribution in [0.1, 0.15) is 49.2 Å². The highest BCUT2D eigenvalue weighted by atomic mass is 32.2. The highest BCUT2D eigenvalue weighted by Crippen LogP contribution is 2.23. The lowest BCUT2D eigenvalue weighted by atomic mass is 10.0. The van der Waals surface area contributed by atoms with Crippen molar-refractivity contribution in [2.45, 2.75) is 45.4 Å². The summed E-state index contributed by atoms with van der Waals surface area (Å²) in [4.78, 5) is 12.9. The Kier molecular flexibility index (Phi) is 7.16. The highest BCUT2D eigenvalue weighted by molar-refractivity contribution is 7.89. The van der Waals surface area contributed by atoms with Gasteiger partial charge in [0.25, 0.3) is 5.91 Å². The average Bonchev–Trinajstić information content (AvgIpc) is 2.66. The molecule has 27 heavy (non-hydrogen) atoms. The van der Waals surface area contributed by atoms with Gasteiger partial charge >= 0.3 is 0 Å². The number of aryl methyl sites for hydroxylation is 2. The summed E-state index contributed by atoms with van der Waals surface area (Å²) >= 11 is 0. The number of hydrogen-bond acceptors (Lipinski definition) is 3. The maximum Gasteiger partial charge on any atom is 0.255 e. The van der Waals surface area contributed by atoms with E-state index in [1.165, 1.54) is 12.1 Å². The fourth-order valence-electron chi connectivity index (χ4n) is 2.75. The van der Waals surface area contributed by atoms with E-state index in [0.717, 1.165) is 29.7 Å². The number of rotatable bonds is 8. The summed E-state index contributed by atoms with van der Waals surface area (Å²) in [7, 11) is -3.64. The van der Waals surface area contributed by atoms with Crippen LogP contribution >= 0.6 is 0 Å². The molecule has 0 aliphatic rings. The van der Waals surface area contributed by atoms with Crippen LogP contribution < -0.4 is 10.0 Å². The Morgan fingerprint density at radius 1 is 1.00 bits per heavy atom. The summed E-state index contributed by atoms with van der Waals surface area (Å²) < 4.78 is 27.4. The minimum Gasteiger partial charge on any atom is -0.321 e. The number of anilines is 1. The van der Waals surface area contributed by atoms with Crippen molar-refractivity contribution in [3.05, 3.63) is 59.2 Å². The number of sulfonamides is 1. The van der Waals surface area contributed by atoms with Crippen LogP contribution in [0.25, 0.3) is 0 Å². The van der Waals surface area contributed by atoms with Crippen LogP contribution in [-0.4, -0.2) is 20.9 Å². The first-order valence-corrected chi connectivity index (χ1v) is 10.8. The second kappa shape index (κ2) is 9.15. The highest BCUT2D eigenvalue weighted by Gasteiger charge is 2.17. The molecule has 5 nitrogen and oxygen atoms in total. The number of carbonyl (C=O) groups excluding carboxylic acids is 1. The molecule has 0 bridgehead atoms. The summed E-state index contributed by atoms with van der Waals surface area (Å²) in [5.41, 5.74) is 3.25. The standard InChI is InChI=1S/C21H28N2O3S/c1-5-16-9-7-10-17(6-2)20(16)23-21(24)18-11-8-12-19(13-18)27(25,26)22-14-15(3)4/h7-13,15,22H,5-6,14H2,1-4H3,(H,23,24). The second-order valence-corrected chi connectivity index (χ2v) is 8.65. The zero-order valence-corrected chi connectivity index (χ0v) is 17.2. The van der Waals surface area contributed by atoms with Gasteiger partial charge in [-0.3, -0.25) is 4.79 Å². The first kappa shape index (κ1) is 21.1. The third-order valence-electron chi connectivity index (χ3n) is 4.33. The Hall–Kier alpha value is -2.18. The average molecular weight is 389 g/mol. The van der Waals surface area contributed by atoms with Gasteiger partial charge in [0.05, 0.1) is 4.90 Å². The van der Waals surface area contributed by atoms with Crippen LogP contribution in [-0.2, 0) is 22.9 Å². The quantitative estimate of drug-likeness (QED) is 0.718. The Morgan fingerprint density at radius 2 is 1.59 bits per heavy atom. The van der Waals surface area contributed by atoms with E-state index in [1.54, 1.807) is 12.1 Å². The Morgan fingerprint density at radius 3 is 2.15 bits per heavy atom. The molecule has 0 radical (unpaired) electrons. The Balaban J connectivity index is 2.29. The van der Waals surface area contributed by atoms with Gasteiger partial charge in [-0.1, -0.05) is 52.0 Å². The van der Waals surface area contributed by atoms with Gasteiger partial charge in [-0.25, -0.2) is 13.1 Å². The van der Waals surface area contributed by atoms with Crippen LogP contribution in [0, 0.1) is 5.92 Å². The van der Waals surface area contributed by atoms with Crippen molar-refractivity contribution in [1.82, 2.24) is 4.72 Å². The maximum absolute atomic E-state index is 12.8. The van der Waals surface area contributed by atoms with Gasteiger partial charge in [-0.15, -0.1) is 0 Å². The van der Waals surface area contributed by atoms with Crippen molar-refractivity contribution >= 4 is 21.6 Å². The van der Waals surface area contributed by atoms with Crippen molar-refractivity contribution < 1.29 is 13.2 Å². The van der Waals surface area contributed by atoms with E-state index in [1.807, 2.05) is 45.9 Å². The zero-order chi connectivity index (χ0) is 20.0. The topological polar surface area (TPSA) is 75.3 Å².